The van der Waals surface area contributed by atoms with Gasteiger partial charge < -0.3 is 0 Å². The van der Waals surface area contributed by atoms with Crippen LogP contribution in [0.1, 0.15) is 15.9 Å². The Labute approximate surface area is 73.6 Å². The predicted molar refractivity (Wildman–Crippen MR) is 49.3 cm³/mol. The third-order valence-electron chi connectivity index (χ3n) is 1.28. The first-order chi connectivity index (χ1) is 4.74. The second-order valence-electron chi connectivity index (χ2n) is 2.14. The van der Waals surface area contributed by atoms with Crippen molar-refractivity contribution in [2.45, 2.75) is 6.92 Å². The number of aryl methyl sites for hydroxylation is 1. The molecule has 0 saturated heterocycles. The van der Waals surface area contributed by atoms with E-state index in [9.17, 15) is 4.79 Å². The maximum atomic E-state index is 10.3. The van der Waals surface area contributed by atoms with E-state index in [4.69, 9.17) is 0 Å². The standard InChI is InChI=1S/C8H7IO/c1-6-2-3-7(5-10)8(9)4-6/h2-5H,1H3. The largest absolute Gasteiger partial charge is 0.298 e. The average Bonchev–Trinajstić information content (AvgIpc) is 1.88. The van der Waals surface area contributed by atoms with E-state index >= 15 is 0 Å². The summed E-state index contributed by atoms with van der Waals surface area (Å²) < 4.78 is 1.02. The first kappa shape index (κ1) is 7.72. The van der Waals surface area contributed by atoms with Gasteiger partial charge in [0.05, 0.1) is 0 Å². The lowest BCUT2D eigenvalue weighted by Crippen LogP contribution is -1.85. The molecule has 0 bridgehead atoms. The molecule has 0 unspecified atom stereocenters. The lowest BCUT2D eigenvalue weighted by molar-refractivity contribution is 0.112. The molecule has 2 heteroatoms. The minimum Gasteiger partial charge on any atom is -0.298 e. The molecule has 0 aliphatic heterocycles. The van der Waals surface area contributed by atoms with Crippen LogP contribution in [0.2, 0.25) is 0 Å². The number of aldehydes is 1. The molecule has 0 saturated carbocycles. The van der Waals surface area contributed by atoms with E-state index in [1.807, 2.05) is 25.1 Å². The molecule has 0 radical (unpaired) electrons. The van der Waals surface area contributed by atoms with E-state index in [1.165, 1.54) is 5.56 Å². The van der Waals surface area contributed by atoms with Crippen LogP contribution in [0, 0.1) is 10.5 Å². The molecule has 0 aromatic heterocycles. The second kappa shape index (κ2) is 3.14. The van der Waals surface area contributed by atoms with Crippen LogP contribution in [0.15, 0.2) is 18.2 Å². The Morgan fingerprint density at radius 1 is 1.50 bits per heavy atom. The summed E-state index contributed by atoms with van der Waals surface area (Å²) in [6, 6.07) is 5.76. The Morgan fingerprint density at radius 3 is 2.70 bits per heavy atom. The van der Waals surface area contributed by atoms with Gasteiger partial charge in [-0.15, -0.1) is 0 Å². The smallest absolute Gasteiger partial charge is 0.151 e. The van der Waals surface area contributed by atoms with E-state index in [0.717, 1.165) is 15.4 Å². The van der Waals surface area contributed by atoms with Crippen LogP contribution < -0.4 is 0 Å². The van der Waals surface area contributed by atoms with Crippen molar-refractivity contribution >= 4 is 28.9 Å². The number of carbonyl (C=O) groups is 1. The molecule has 0 aliphatic carbocycles. The van der Waals surface area contributed by atoms with Crippen LogP contribution in [-0.2, 0) is 0 Å². The van der Waals surface area contributed by atoms with Gasteiger partial charge >= 0.3 is 0 Å². The molecule has 0 aliphatic rings. The van der Waals surface area contributed by atoms with E-state index in [-0.39, 0.29) is 0 Å². The summed E-state index contributed by atoms with van der Waals surface area (Å²) in [6.45, 7) is 2.01. The van der Waals surface area contributed by atoms with Gasteiger partial charge in [-0.3, -0.25) is 4.79 Å². The first-order valence-corrected chi connectivity index (χ1v) is 4.03. The number of hydrogen-bond donors (Lipinski definition) is 0. The quantitative estimate of drug-likeness (QED) is 0.549. The molecular formula is C8H7IO. The number of carbonyl (C=O) groups excluding carboxylic acids is 1. The van der Waals surface area contributed by atoms with Crippen molar-refractivity contribution in [1.82, 2.24) is 0 Å². The van der Waals surface area contributed by atoms with Crippen LogP contribution in [0.25, 0.3) is 0 Å². The molecule has 1 aromatic carbocycles. The van der Waals surface area contributed by atoms with Gasteiger partial charge in [0.15, 0.2) is 6.29 Å². The predicted octanol–water partition coefficient (Wildman–Crippen LogP) is 2.41. The molecule has 1 rings (SSSR count). The number of benzene rings is 1. The normalized spacial score (nSPS) is 9.40. The number of rotatable bonds is 1. The molecule has 52 valence electrons. The third kappa shape index (κ3) is 1.56. The molecule has 0 atom stereocenters. The van der Waals surface area contributed by atoms with Crippen LogP contribution in [0.3, 0.4) is 0 Å². The van der Waals surface area contributed by atoms with Gasteiger partial charge in [-0.1, -0.05) is 17.7 Å². The highest BCUT2D eigenvalue weighted by atomic mass is 127. The van der Waals surface area contributed by atoms with Gasteiger partial charge in [0.25, 0.3) is 0 Å². The molecule has 1 aromatic rings. The van der Waals surface area contributed by atoms with Gasteiger partial charge in [-0.05, 0) is 35.6 Å². The van der Waals surface area contributed by atoms with Crippen LogP contribution >= 0.6 is 22.6 Å². The minimum absolute atomic E-state index is 0.770. The zero-order valence-electron chi connectivity index (χ0n) is 5.60. The zero-order valence-corrected chi connectivity index (χ0v) is 7.75. The summed E-state index contributed by atoms with van der Waals surface area (Å²) in [7, 11) is 0. The summed E-state index contributed by atoms with van der Waals surface area (Å²) in [6.07, 6.45) is 0.876. The van der Waals surface area contributed by atoms with Crippen molar-refractivity contribution in [1.29, 1.82) is 0 Å². The van der Waals surface area contributed by atoms with Crippen molar-refractivity contribution in [3.8, 4) is 0 Å². The van der Waals surface area contributed by atoms with Crippen molar-refractivity contribution in [3.63, 3.8) is 0 Å². The zero-order chi connectivity index (χ0) is 7.56. The Bertz CT molecular complexity index is 255. The molecular weight excluding hydrogens is 239 g/mol. The Hall–Kier alpha value is -0.380. The molecule has 0 N–H and O–H groups in total. The lowest BCUT2D eigenvalue weighted by atomic mass is 10.2. The summed E-state index contributed by atoms with van der Waals surface area (Å²) in [5, 5.41) is 0. The van der Waals surface area contributed by atoms with E-state index in [1.54, 1.807) is 0 Å². The summed E-state index contributed by atoms with van der Waals surface area (Å²) in [5.74, 6) is 0. The fourth-order valence-electron chi connectivity index (χ4n) is 0.728. The van der Waals surface area contributed by atoms with E-state index in [0.29, 0.717) is 0 Å². The maximum absolute atomic E-state index is 10.3. The molecule has 1 nitrogen and oxygen atoms in total. The summed E-state index contributed by atoms with van der Waals surface area (Å²) >= 11 is 2.15. The fraction of sp³-hybridized carbons (Fsp3) is 0.125. The Balaban J connectivity index is 3.19. The first-order valence-electron chi connectivity index (χ1n) is 2.95. The molecule has 0 spiro atoms. The van der Waals surface area contributed by atoms with E-state index in [2.05, 4.69) is 22.6 Å². The lowest BCUT2D eigenvalue weighted by Gasteiger charge is -1.95. The van der Waals surface area contributed by atoms with Gasteiger partial charge in [-0.25, -0.2) is 0 Å². The van der Waals surface area contributed by atoms with Crippen molar-refractivity contribution < 1.29 is 4.79 Å². The Kier molecular flexibility index (Phi) is 2.43. The monoisotopic (exact) mass is 246 g/mol. The summed E-state index contributed by atoms with van der Waals surface area (Å²) in [4.78, 5) is 10.3. The van der Waals surface area contributed by atoms with Crippen molar-refractivity contribution in [2.24, 2.45) is 0 Å². The minimum atomic E-state index is 0.770. The van der Waals surface area contributed by atoms with Gasteiger partial charge in [0.2, 0.25) is 0 Å². The van der Waals surface area contributed by atoms with Crippen molar-refractivity contribution in [3.05, 3.63) is 32.9 Å². The molecule has 0 amide bonds. The highest BCUT2D eigenvalue weighted by molar-refractivity contribution is 14.1. The summed E-state index contributed by atoms with van der Waals surface area (Å²) in [5.41, 5.74) is 1.96. The highest BCUT2D eigenvalue weighted by Crippen LogP contribution is 2.11. The molecule has 10 heavy (non-hydrogen) atoms. The third-order valence-corrected chi connectivity index (χ3v) is 2.22. The second-order valence-corrected chi connectivity index (χ2v) is 3.31. The van der Waals surface area contributed by atoms with E-state index < -0.39 is 0 Å². The van der Waals surface area contributed by atoms with Gasteiger partial charge in [0.1, 0.15) is 0 Å². The van der Waals surface area contributed by atoms with Crippen LogP contribution in [0.4, 0.5) is 0 Å². The highest BCUT2D eigenvalue weighted by Gasteiger charge is 1.95. The Morgan fingerprint density at radius 2 is 2.20 bits per heavy atom. The SMILES string of the molecule is Cc1ccc(C=O)c(I)c1. The van der Waals surface area contributed by atoms with Crippen molar-refractivity contribution in [2.75, 3.05) is 0 Å². The van der Waals surface area contributed by atoms with Gasteiger partial charge in [-0.2, -0.15) is 0 Å². The van der Waals surface area contributed by atoms with Crippen LogP contribution in [0.5, 0.6) is 0 Å². The molecule has 0 fully saturated rings. The fourth-order valence-corrected chi connectivity index (χ4v) is 1.53. The average molecular weight is 246 g/mol. The topological polar surface area (TPSA) is 17.1 Å². The number of hydrogen-bond acceptors (Lipinski definition) is 1. The molecule has 0 heterocycles. The maximum Gasteiger partial charge on any atom is 0.151 e. The van der Waals surface area contributed by atoms with Crippen LogP contribution in [-0.4, -0.2) is 6.29 Å². The van der Waals surface area contributed by atoms with Gasteiger partial charge in [0, 0.05) is 9.13 Å². The number of halogens is 1.